The Morgan fingerprint density at radius 2 is 1.65 bits per heavy atom. The number of piperidine rings is 1. The SMILES string of the molecule is Cc1ccc(N(CC(C)C)S(=O)(=O)c2ccc(C(O)CN3CCCCC3)cc2)c(C)c1. The number of aliphatic hydroxyl groups is 1. The smallest absolute Gasteiger partial charge is 0.264 e. The van der Waals surface area contributed by atoms with Gasteiger partial charge in [0.25, 0.3) is 10.0 Å². The van der Waals surface area contributed by atoms with Crippen LogP contribution in [-0.2, 0) is 10.0 Å². The molecule has 3 rings (SSSR count). The van der Waals surface area contributed by atoms with E-state index in [2.05, 4.69) is 4.90 Å². The van der Waals surface area contributed by atoms with Crippen molar-refractivity contribution >= 4 is 15.7 Å². The minimum absolute atomic E-state index is 0.182. The van der Waals surface area contributed by atoms with Gasteiger partial charge in [0.15, 0.2) is 0 Å². The van der Waals surface area contributed by atoms with Crippen LogP contribution >= 0.6 is 0 Å². The summed E-state index contributed by atoms with van der Waals surface area (Å²) in [4.78, 5) is 2.53. The number of aryl methyl sites for hydroxylation is 2. The van der Waals surface area contributed by atoms with Crippen LogP contribution in [0.2, 0.25) is 0 Å². The first-order valence-corrected chi connectivity index (χ1v) is 12.7. The van der Waals surface area contributed by atoms with Crippen molar-refractivity contribution in [3.8, 4) is 0 Å². The predicted molar refractivity (Wildman–Crippen MR) is 127 cm³/mol. The van der Waals surface area contributed by atoms with Crippen LogP contribution in [0.4, 0.5) is 5.69 Å². The van der Waals surface area contributed by atoms with Crippen molar-refractivity contribution in [2.45, 2.75) is 58.0 Å². The van der Waals surface area contributed by atoms with Gasteiger partial charge in [-0.3, -0.25) is 4.31 Å². The van der Waals surface area contributed by atoms with E-state index >= 15 is 0 Å². The molecule has 6 heteroatoms. The van der Waals surface area contributed by atoms with Crippen LogP contribution in [0.3, 0.4) is 0 Å². The largest absolute Gasteiger partial charge is 0.387 e. The van der Waals surface area contributed by atoms with E-state index in [0.29, 0.717) is 18.8 Å². The predicted octanol–water partition coefficient (Wildman–Crippen LogP) is 4.67. The molecule has 2 aromatic carbocycles. The average molecular weight is 445 g/mol. The number of rotatable bonds is 8. The minimum atomic E-state index is -3.71. The highest BCUT2D eigenvalue weighted by Crippen LogP contribution is 2.29. The Bertz CT molecular complexity index is 965. The lowest BCUT2D eigenvalue weighted by molar-refractivity contribution is 0.101. The molecule has 5 nitrogen and oxygen atoms in total. The van der Waals surface area contributed by atoms with E-state index in [9.17, 15) is 13.5 Å². The lowest BCUT2D eigenvalue weighted by atomic mass is 10.1. The van der Waals surface area contributed by atoms with Crippen molar-refractivity contribution in [1.29, 1.82) is 0 Å². The standard InChI is InChI=1S/C25H36N2O3S/c1-19(2)17-27(24-13-8-20(3)16-21(24)4)31(29,30)23-11-9-22(10-12-23)25(28)18-26-14-6-5-7-15-26/h8-13,16,19,25,28H,5-7,14-15,17-18H2,1-4H3. The van der Waals surface area contributed by atoms with Gasteiger partial charge in [-0.2, -0.15) is 0 Å². The number of nitrogens with zero attached hydrogens (tertiary/aromatic N) is 2. The summed E-state index contributed by atoms with van der Waals surface area (Å²) in [5, 5.41) is 10.6. The number of β-amino-alcohol motifs (C(OH)–C–C–N with tert-alkyl or cyclic N) is 1. The first-order valence-electron chi connectivity index (χ1n) is 11.3. The fraction of sp³-hybridized carbons (Fsp3) is 0.520. The van der Waals surface area contributed by atoms with Gasteiger partial charge in [0, 0.05) is 13.1 Å². The van der Waals surface area contributed by atoms with Gasteiger partial charge >= 0.3 is 0 Å². The molecule has 1 atom stereocenters. The molecule has 1 unspecified atom stereocenters. The first kappa shape index (κ1) is 23.8. The highest BCUT2D eigenvalue weighted by molar-refractivity contribution is 7.92. The summed E-state index contributed by atoms with van der Waals surface area (Å²) >= 11 is 0. The summed E-state index contributed by atoms with van der Waals surface area (Å²) in [5.41, 5.74) is 3.52. The molecule has 31 heavy (non-hydrogen) atoms. The highest BCUT2D eigenvalue weighted by Gasteiger charge is 2.27. The third kappa shape index (κ3) is 5.88. The van der Waals surface area contributed by atoms with E-state index in [-0.39, 0.29) is 10.8 Å². The van der Waals surface area contributed by atoms with Gasteiger partial charge < -0.3 is 10.0 Å². The van der Waals surface area contributed by atoms with E-state index in [0.717, 1.165) is 29.8 Å². The zero-order valence-corrected chi connectivity index (χ0v) is 20.0. The van der Waals surface area contributed by atoms with Crippen LogP contribution in [0.1, 0.15) is 55.9 Å². The van der Waals surface area contributed by atoms with E-state index < -0.39 is 16.1 Å². The van der Waals surface area contributed by atoms with Gasteiger partial charge in [-0.1, -0.05) is 50.1 Å². The number of anilines is 1. The van der Waals surface area contributed by atoms with Gasteiger partial charge in [0.1, 0.15) is 0 Å². The number of hydrogen-bond donors (Lipinski definition) is 1. The van der Waals surface area contributed by atoms with E-state index in [1.807, 2.05) is 45.9 Å². The third-order valence-electron chi connectivity index (χ3n) is 5.88. The fourth-order valence-corrected chi connectivity index (χ4v) is 5.92. The van der Waals surface area contributed by atoms with E-state index in [4.69, 9.17) is 0 Å². The van der Waals surface area contributed by atoms with Crippen LogP contribution in [0, 0.1) is 19.8 Å². The molecule has 0 bridgehead atoms. The van der Waals surface area contributed by atoms with Gasteiger partial charge in [-0.15, -0.1) is 0 Å². The number of sulfonamides is 1. The molecule has 0 amide bonds. The van der Waals surface area contributed by atoms with Crippen LogP contribution in [0.25, 0.3) is 0 Å². The van der Waals surface area contributed by atoms with E-state index in [1.54, 1.807) is 24.3 Å². The molecule has 1 saturated heterocycles. The molecule has 0 spiro atoms. The quantitative estimate of drug-likeness (QED) is 0.643. The second kappa shape index (κ2) is 10.2. The average Bonchev–Trinajstić information content (AvgIpc) is 2.73. The van der Waals surface area contributed by atoms with Crippen LogP contribution in [0.5, 0.6) is 0 Å². The summed E-state index contributed by atoms with van der Waals surface area (Å²) < 4.78 is 28.6. The molecule has 0 aromatic heterocycles. The molecular weight excluding hydrogens is 408 g/mol. The van der Waals surface area contributed by atoms with Gasteiger partial charge in [0.05, 0.1) is 16.7 Å². The maximum absolute atomic E-state index is 13.6. The summed E-state index contributed by atoms with van der Waals surface area (Å²) in [6.45, 7) is 11.0. The Morgan fingerprint density at radius 1 is 1.00 bits per heavy atom. The summed E-state index contributed by atoms with van der Waals surface area (Å²) in [6.07, 6.45) is 3.00. The van der Waals surface area contributed by atoms with Crippen molar-refractivity contribution in [3.63, 3.8) is 0 Å². The number of hydrogen-bond acceptors (Lipinski definition) is 4. The third-order valence-corrected chi connectivity index (χ3v) is 7.68. The Hall–Kier alpha value is -1.89. The maximum atomic E-state index is 13.6. The zero-order chi connectivity index (χ0) is 22.6. The molecule has 0 radical (unpaired) electrons. The van der Waals surface area contributed by atoms with Crippen LogP contribution in [-0.4, -0.2) is 44.6 Å². The van der Waals surface area contributed by atoms with Crippen LogP contribution < -0.4 is 4.31 Å². The highest BCUT2D eigenvalue weighted by atomic mass is 32.2. The number of aliphatic hydroxyl groups excluding tert-OH is 1. The number of likely N-dealkylation sites (tertiary alicyclic amines) is 1. The second-order valence-electron chi connectivity index (χ2n) is 9.17. The van der Waals surface area contributed by atoms with E-state index in [1.165, 1.54) is 23.6 Å². The Labute approximate surface area is 187 Å². The van der Waals surface area contributed by atoms with Crippen molar-refractivity contribution in [1.82, 2.24) is 4.90 Å². The van der Waals surface area contributed by atoms with Gasteiger partial charge in [0.2, 0.25) is 0 Å². The molecule has 1 aliphatic heterocycles. The first-order chi connectivity index (χ1) is 14.7. The molecule has 0 aliphatic carbocycles. The maximum Gasteiger partial charge on any atom is 0.264 e. The minimum Gasteiger partial charge on any atom is -0.387 e. The van der Waals surface area contributed by atoms with Crippen molar-refractivity contribution in [2.75, 3.05) is 30.5 Å². The lowest BCUT2D eigenvalue weighted by Gasteiger charge is -2.29. The fourth-order valence-electron chi connectivity index (χ4n) is 4.22. The molecular formula is C25H36N2O3S. The summed E-state index contributed by atoms with van der Waals surface area (Å²) in [6, 6.07) is 12.6. The summed E-state index contributed by atoms with van der Waals surface area (Å²) in [7, 11) is -3.71. The van der Waals surface area contributed by atoms with Crippen LogP contribution in [0.15, 0.2) is 47.4 Å². The molecule has 1 aliphatic rings. The lowest BCUT2D eigenvalue weighted by Crippen LogP contribution is -2.35. The molecule has 1 fully saturated rings. The normalized spacial score (nSPS) is 16.5. The summed E-state index contributed by atoms with van der Waals surface area (Å²) in [5.74, 6) is 0.182. The molecule has 170 valence electrons. The van der Waals surface area contributed by atoms with Crippen molar-refractivity contribution in [2.24, 2.45) is 5.92 Å². The van der Waals surface area contributed by atoms with Gasteiger partial charge in [-0.25, -0.2) is 8.42 Å². The topological polar surface area (TPSA) is 60.9 Å². The van der Waals surface area contributed by atoms with Gasteiger partial charge in [-0.05, 0) is 75.0 Å². The zero-order valence-electron chi connectivity index (χ0n) is 19.2. The van der Waals surface area contributed by atoms with Crippen molar-refractivity contribution < 1.29 is 13.5 Å². The molecule has 1 N–H and O–H groups in total. The van der Waals surface area contributed by atoms with Crippen molar-refractivity contribution in [3.05, 3.63) is 59.2 Å². The molecule has 2 aromatic rings. The Kier molecular flexibility index (Phi) is 7.78. The molecule has 1 heterocycles. The Balaban J connectivity index is 1.84. The Morgan fingerprint density at radius 3 is 2.23 bits per heavy atom. The number of benzene rings is 2. The molecule has 0 saturated carbocycles. The monoisotopic (exact) mass is 444 g/mol. The second-order valence-corrected chi connectivity index (χ2v) is 11.0.